The van der Waals surface area contributed by atoms with Crippen LogP contribution in [-0.4, -0.2) is 34.1 Å². The first-order chi connectivity index (χ1) is 14.3. The van der Waals surface area contributed by atoms with E-state index in [1.807, 2.05) is 13.8 Å². The maximum Gasteiger partial charge on any atom is 0.307 e. The van der Waals surface area contributed by atoms with Crippen molar-refractivity contribution < 1.29 is 29.3 Å². The first-order valence-corrected chi connectivity index (χ1v) is 9.43. The van der Waals surface area contributed by atoms with Crippen LogP contribution in [0.1, 0.15) is 40.1 Å². The highest BCUT2D eigenvalue weighted by Crippen LogP contribution is 2.45. The lowest BCUT2D eigenvalue weighted by molar-refractivity contribution is -0.136. The number of aliphatic carboxylic acids is 1. The molecule has 0 bridgehead atoms. The molecule has 0 atom stereocenters. The molecular weight excluding hydrogens is 386 g/mol. The van der Waals surface area contributed by atoms with Gasteiger partial charge in [0.2, 0.25) is 0 Å². The van der Waals surface area contributed by atoms with E-state index in [2.05, 4.69) is 0 Å². The van der Waals surface area contributed by atoms with Crippen LogP contribution in [0.25, 0.3) is 10.8 Å². The van der Waals surface area contributed by atoms with Crippen LogP contribution in [0.15, 0.2) is 48.5 Å². The van der Waals surface area contributed by atoms with E-state index in [4.69, 9.17) is 9.84 Å². The maximum atomic E-state index is 13.3. The Labute approximate surface area is 172 Å². The van der Waals surface area contributed by atoms with Crippen molar-refractivity contribution in [3.05, 3.63) is 65.2 Å². The fourth-order valence-corrected chi connectivity index (χ4v) is 3.65. The third kappa shape index (κ3) is 3.04. The Morgan fingerprint density at radius 1 is 0.967 bits per heavy atom. The molecule has 0 spiro atoms. The molecule has 3 aromatic carbocycles. The molecule has 7 nitrogen and oxygen atoms in total. The van der Waals surface area contributed by atoms with Crippen molar-refractivity contribution >= 4 is 34.2 Å². The number of carbonyl (C=O) groups excluding carboxylic acids is 2. The quantitative estimate of drug-likeness (QED) is 0.627. The monoisotopic (exact) mass is 405 g/mol. The number of anilines is 1. The largest absolute Gasteiger partial charge is 0.506 e. The van der Waals surface area contributed by atoms with E-state index in [1.54, 1.807) is 36.4 Å². The number of carbonyl (C=O) groups is 3. The number of carboxylic acids is 1. The summed E-state index contributed by atoms with van der Waals surface area (Å²) in [6.07, 6.45) is -0.421. The number of ether oxygens (including phenoxy) is 1. The van der Waals surface area contributed by atoms with E-state index in [9.17, 15) is 19.5 Å². The minimum absolute atomic E-state index is 0.0273. The molecule has 0 aromatic heterocycles. The number of nitrogens with zero attached hydrogens (tertiary/aromatic N) is 1. The van der Waals surface area contributed by atoms with Crippen LogP contribution in [0, 0.1) is 0 Å². The fraction of sp³-hybridized carbons (Fsp3) is 0.174. The molecule has 4 rings (SSSR count). The second-order valence-corrected chi connectivity index (χ2v) is 7.32. The van der Waals surface area contributed by atoms with Gasteiger partial charge >= 0.3 is 5.97 Å². The van der Waals surface area contributed by atoms with Gasteiger partial charge in [0.15, 0.2) is 0 Å². The minimum Gasteiger partial charge on any atom is -0.506 e. The normalized spacial score (nSPS) is 13.2. The Bertz CT molecular complexity index is 1200. The van der Waals surface area contributed by atoms with Crippen molar-refractivity contribution in [3.8, 4) is 11.5 Å². The van der Waals surface area contributed by atoms with E-state index in [0.717, 1.165) is 4.90 Å². The zero-order valence-electron chi connectivity index (χ0n) is 16.4. The molecular formula is C23H19NO6. The van der Waals surface area contributed by atoms with Gasteiger partial charge < -0.3 is 14.9 Å². The summed E-state index contributed by atoms with van der Waals surface area (Å²) in [4.78, 5) is 38.3. The molecule has 0 saturated heterocycles. The molecule has 0 fully saturated rings. The Kier molecular flexibility index (Phi) is 4.66. The fourth-order valence-electron chi connectivity index (χ4n) is 3.65. The Morgan fingerprint density at radius 3 is 2.17 bits per heavy atom. The zero-order chi connectivity index (χ0) is 21.6. The molecule has 3 aromatic rings. The van der Waals surface area contributed by atoms with Crippen LogP contribution in [0.5, 0.6) is 11.5 Å². The SMILES string of the molecule is CC(C)Oc1c2c(c(O)c3ccccc13)C(=O)N(c1ccc(CC(=O)O)cc1)C2=O. The topological polar surface area (TPSA) is 104 Å². The summed E-state index contributed by atoms with van der Waals surface area (Å²) in [5.41, 5.74) is 0.762. The van der Waals surface area contributed by atoms with Crippen LogP contribution in [0.2, 0.25) is 0 Å². The number of benzene rings is 3. The van der Waals surface area contributed by atoms with Crippen molar-refractivity contribution in [2.45, 2.75) is 26.4 Å². The molecule has 2 amide bonds. The number of aromatic hydroxyl groups is 1. The lowest BCUT2D eigenvalue weighted by Gasteiger charge is -2.17. The summed E-state index contributed by atoms with van der Waals surface area (Å²) in [5.74, 6) is -2.23. The van der Waals surface area contributed by atoms with Gasteiger partial charge in [-0.05, 0) is 31.5 Å². The van der Waals surface area contributed by atoms with E-state index >= 15 is 0 Å². The van der Waals surface area contributed by atoms with E-state index in [1.165, 1.54) is 12.1 Å². The maximum absolute atomic E-state index is 13.3. The highest BCUT2D eigenvalue weighted by Gasteiger charge is 2.43. The molecule has 0 aliphatic carbocycles. The standard InChI is InChI=1S/C23H19NO6/c1-12(2)30-21-16-6-4-3-5-15(16)20(27)18-19(21)23(29)24(22(18)28)14-9-7-13(8-10-14)11-17(25)26/h3-10,12,27H,11H2,1-2H3,(H,25,26). The Balaban J connectivity index is 1.88. The summed E-state index contributed by atoms with van der Waals surface area (Å²) >= 11 is 0. The second-order valence-electron chi connectivity index (χ2n) is 7.32. The minimum atomic E-state index is -0.976. The van der Waals surface area contributed by atoms with E-state index in [0.29, 0.717) is 16.3 Å². The molecule has 1 aliphatic heterocycles. The van der Waals surface area contributed by atoms with Gasteiger partial charge in [-0.3, -0.25) is 14.4 Å². The first kappa shape index (κ1) is 19.4. The van der Waals surface area contributed by atoms with Crippen LogP contribution in [-0.2, 0) is 11.2 Å². The molecule has 0 unspecified atom stereocenters. The molecule has 7 heteroatoms. The Hall–Kier alpha value is -3.87. The van der Waals surface area contributed by atoms with Crippen molar-refractivity contribution in [1.29, 1.82) is 0 Å². The molecule has 0 saturated carbocycles. The van der Waals surface area contributed by atoms with Gasteiger partial charge in [0, 0.05) is 10.8 Å². The smallest absolute Gasteiger partial charge is 0.307 e. The molecule has 1 heterocycles. The molecule has 0 radical (unpaired) electrons. The zero-order valence-corrected chi connectivity index (χ0v) is 16.4. The summed E-state index contributed by atoms with van der Waals surface area (Å²) < 4.78 is 5.92. The number of carboxylic acid groups (broad SMARTS) is 1. The molecule has 30 heavy (non-hydrogen) atoms. The number of imide groups is 1. The molecule has 1 aliphatic rings. The predicted molar refractivity (Wildman–Crippen MR) is 110 cm³/mol. The van der Waals surface area contributed by atoms with E-state index in [-0.39, 0.29) is 40.8 Å². The van der Waals surface area contributed by atoms with Gasteiger partial charge in [-0.1, -0.05) is 36.4 Å². The lowest BCUT2D eigenvalue weighted by Crippen LogP contribution is -2.29. The summed E-state index contributed by atoms with van der Waals surface area (Å²) in [6.45, 7) is 3.63. The van der Waals surface area contributed by atoms with Gasteiger partial charge in [-0.25, -0.2) is 4.90 Å². The number of rotatable bonds is 5. The van der Waals surface area contributed by atoms with Crippen LogP contribution in [0.3, 0.4) is 0 Å². The third-order valence-electron chi connectivity index (χ3n) is 4.88. The van der Waals surface area contributed by atoms with Crippen molar-refractivity contribution in [3.63, 3.8) is 0 Å². The lowest BCUT2D eigenvalue weighted by atomic mass is 9.99. The second kappa shape index (κ2) is 7.18. The number of hydrogen-bond donors (Lipinski definition) is 2. The molecule has 2 N–H and O–H groups in total. The van der Waals surface area contributed by atoms with Gasteiger partial charge in [0.25, 0.3) is 11.8 Å². The van der Waals surface area contributed by atoms with Gasteiger partial charge in [0.1, 0.15) is 11.5 Å². The van der Waals surface area contributed by atoms with Crippen LogP contribution < -0.4 is 9.64 Å². The summed E-state index contributed by atoms with van der Waals surface area (Å²) in [7, 11) is 0. The molecule has 152 valence electrons. The summed E-state index contributed by atoms with van der Waals surface area (Å²) in [6, 6.07) is 13.0. The van der Waals surface area contributed by atoms with Crippen LogP contribution >= 0.6 is 0 Å². The summed E-state index contributed by atoms with van der Waals surface area (Å²) in [5, 5.41) is 20.7. The highest BCUT2D eigenvalue weighted by molar-refractivity contribution is 6.38. The van der Waals surface area contributed by atoms with Crippen molar-refractivity contribution in [1.82, 2.24) is 0 Å². The van der Waals surface area contributed by atoms with Gasteiger partial charge in [-0.2, -0.15) is 0 Å². The van der Waals surface area contributed by atoms with E-state index < -0.39 is 17.8 Å². The number of phenols is 1. The average molecular weight is 405 g/mol. The first-order valence-electron chi connectivity index (χ1n) is 9.43. The van der Waals surface area contributed by atoms with Crippen molar-refractivity contribution in [2.24, 2.45) is 0 Å². The highest BCUT2D eigenvalue weighted by atomic mass is 16.5. The van der Waals surface area contributed by atoms with Crippen molar-refractivity contribution in [2.75, 3.05) is 4.90 Å². The Morgan fingerprint density at radius 2 is 1.57 bits per heavy atom. The predicted octanol–water partition coefficient (Wildman–Crippen LogP) is 3.76. The number of amides is 2. The van der Waals surface area contributed by atoms with Gasteiger partial charge in [0.05, 0.1) is 29.3 Å². The number of fused-ring (bicyclic) bond motifs is 2. The third-order valence-corrected chi connectivity index (χ3v) is 4.88. The average Bonchev–Trinajstić information content (AvgIpc) is 2.96. The number of phenolic OH excluding ortho intramolecular Hbond substituents is 1. The number of hydrogen-bond acceptors (Lipinski definition) is 5. The van der Waals surface area contributed by atoms with Crippen LogP contribution in [0.4, 0.5) is 5.69 Å². The van der Waals surface area contributed by atoms with Gasteiger partial charge in [-0.15, -0.1) is 0 Å².